The first-order chi connectivity index (χ1) is 10.3. The number of aryl methyl sites for hydroxylation is 1. The van der Waals surface area contributed by atoms with Crippen molar-refractivity contribution in [2.75, 3.05) is 6.54 Å². The number of amides is 1. The number of carbonyl (C=O) groups excluding carboxylic acids is 1. The number of carbonyl (C=O) groups is 1. The molecule has 1 amide bonds. The quantitative estimate of drug-likeness (QED) is 0.798. The molecule has 0 fully saturated rings. The molecule has 0 radical (unpaired) electrons. The van der Waals surface area contributed by atoms with Crippen LogP contribution in [0.1, 0.15) is 16.1 Å². The molecule has 1 N–H and O–H groups in total. The maximum absolute atomic E-state index is 11.9. The first-order valence-corrected chi connectivity index (χ1v) is 6.99. The Morgan fingerprint density at radius 1 is 1.19 bits per heavy atom. The van der Waals surface area contributed by atoms with Gasteiger partial charge in [0.05, 0.1) is 0 Å². The zero-order chi connectivity index (χ0) is 14.7. The first-order valence-electron chi connectivity index (χ1n) is 6.99. The first kappa shape index (κ1) is 13.4. The summed E-state index contributed by atoms with van der Waals surface area (Å²) in [7, 11) is 0. The van der Waals surface area contributed by atoms with Crippen molar-refractivity contribution in [3.05, 3.63) is 66.1 Å². The second-order valence-corrected chi connectivity index (χ2v) is 4.99. The maximum Gasteiger partial charge on any atom is 0.269 e. The second kappa shape index (κ2) is 5.79. The van der Waals surface area contributed by atoms with Gasteiger partial charge in [0.15, 0.2) is 0 Å². The predicted molar refractivity (Wildman–Crippen MR) is 83.2 cm³/mol. The number of pyridine rings is 1. The van der Waals surface area contributed by atoms with E-state index in [1.165, 1.54) is 16.5 Å². The van der Waals surface area contributed by atoms with Crippen molar-refractivity contribution in [3.8, 4) is 0 Å². The summed E-state index contributed by atoms with van der Waals surface area (Å²) in [4.78, 5) is 15.9. The standard InChI is InChI=1S/C17H17N3O/c1-13-5-4-7-16-14(13)8-11-20(16)12-10-19-17(21)15-6-2-3-9-18-15/h2-9,11H,10,12H2,1H3,(H,19,21). The summed E-state index contributed by atoms with van der Waals surface area (Å²) < 4.78 is 2.15. The highest BCUT2D eigenvalue weighted by atomic mass is 16.1. The van der Waals surface area contributed by atoms with Crippen molar-refractivity contribution in [2.45, 2.75) is 13.5 Å². The van der Waals surface area contributed by atoms with Crippen LogP contribution < -0.4 is 5.32 Å². The van der Waals surface area contributed by atoms with E-state index < -0.39 is 0 Å². The van der Waals surface area contributed by atoms with Crippen LogP contribution in [-0.4, -0.2) is 22.0 Å². The summed E-state index contributed by atoms with van der Waals surface area (Å²) in [6, 6.07) is 13.7. The Labute approximate surface area is 123 Å². The third kappa shape index (κ3) is 2.79. The predicted octanol–water partition coefficient (Wildman–Crippen LogP) is 2.77. The molecule has 0 atom stereocenters. The molecule has 0 aliphatic rings. The average molecular weight is 279 g/mol. The normalized spacial score (nSPS) is 10.7. The Morgan fingerprint density at radius 2 is 2.10 bits per heavy atom. The van der Waals surface area contributed by atoms with Crippen LogP contribution in [0.25, 0.3) is 10.9 Å². The summed E-state index contributed by atoms with van der Waals surface area (Å²) in [5.74, 6) is -0.136. The topological polar surface area (TPSA) is 46.9 Å². The molecular formula is C17H17N3O. The molecule has 106 valence electrons. The number of nitrogens with one attached hydrogen (secondary N) is 1. The molecule has 2 aromatic heterocycles. The zero-order valence-corrected chi connectivity index (χ0v) is 11.9. The molecule has 1 aromatic carbocycles. The monoisotopic (exact) mass is 279 g/mol. The van der Waals surface area contributed by atoms with E-state index in [0.717, 1.165) is 6.54 Å². The van der Waals surface area contributed by atoms with Crippen LogP contribution in [-0.2, 0) is 6.54 Å². The fourth-order valence-electron chi connectivity index (χ4n) is 2.45. The van der Waals surface area contributed by atoms with Crippen molar-refractivity contribution < 1.29 is 4.79 Å². The lowest BCUT2D eigenvalue weighted by Crippen LogP contribution is -2.27. The van der Waals surface area contributed by atoms with Gasteiger partial charge >= 0.3 is 0 Å². The maximum atomic E-state index is 11.9. The molecule has 0 bridgehead atoms. The van der Waals surface area contributed by atoms with Crippen LogP contribution in [0.4, 0.5) is 0 Å². The molecule has 0 aliphatic carbocycles. The molecule has 21 heavy (non-hydrogen) atoms. The van der Waals surface area contributed by atoms with Crippen LogP contribution in [0, 0.1) is 6.92 Å². The van der Waals surface area contributed by atoms with Gasteiger partial charge in [-0.15, -0.1) is 0 Å². The number of aromatic nitrogens is 2. The van der Waals surface area contributed by atoms with Crippen molar-refractivity contribution >= 4 is 16.8 Å². The Bertz CT molecular complexity index is 762. The van der Waals surface area contributed by atoms with Gasteiger partial charge in [0, 0.05) is 36.4 Å². The number of hydrogen-bond donors (Lipinski definition) is 1. The number of nitrogens with zero attached hydrogens (tertiary/aromatic N) is 2. The van der Waals surface area contributed by atoms with Crippen molar-refractivity contribution in [1.29, 1.82) is 0 Å². The zero-order valence-electron chi connectivity index (χ0n) is 11.9. The molecule has 0 saturated carbocycles. The van der Waals surface area contributed by atoms with Crippen LogP contribution in [0.5, 0.6) is 0 Å². The SMILES string of the molecule is Cc1cccc2c1ccn2CCNC(=O)c1ccccn1. The number of benzene rings is 1. The van der Waals surface area contributed by atoms with E-state index >= 15 is 0 Å². The molecule has 0 spiro atoms. The van der Waals surface area contributed by atoms with E-state index in [9.17, 15) is 4.79 Å². The summed E-state index contributed by atoms with van der Waals surface area (Å²) in [6.45, 7) is 3.42. The van der Waals surface area contributed by atoms with Crippen molar-refractivity contribution in [2.24, 2.45) is 0 Å². The second-order valence-electron chi connectivity index (χ2n) is 4.99. The summed E-state index contributed by atoms with van der Waals surface area (Å²) >= 11 is 0. The lowest BCUT2D eigenvalue weighted by atomic mass is 10.1. The fourth-order valence-corrected chi connectivity index (χ4v) is 2.45. The Hall–Kier alpha value is -2.62. The minimum absolute atomic E-state index is 0.136. The third-order valence-corrected chi connectivity index (χ3v) is 3.57. The average Bonchev–Trinajstić information content (AvgIpc) is 2.93. The molecule has 0 aliphatic heterocycles. The van der Waals surface area contributed by atoms with Gasteiger partial charge in [-0.05, 0) is 36.8 Å². The van der Waals surface area contributed by atoms with Crippen LogP contribution in [0.2, 0.25) is 0 Å². The Balaban J connectivity index is 1.65. The van der Waals surface area contributed by atoms with Crippen LogP contribution in [0.3, 0.4) is 0 Å². The van der Waals surface area contributed by atoms with Gasteiger partial charge in [0.2, 0.25) is 0 Å². The van der Waals surface area contributed by atoms with Gasteiger partial charge in [-0.25, -0.2) is 0 Å². The highest BCUT2D eigenvalue weighted by molar-refractivity contribution is 5.92. The van der Waals surface area contributed by atoms with Gasteiger partial charge in [-0.3, -0.25) is 9.78 Å². The molecule has 0 unspecified atom stereocenters. The highest BCUT2D eigenvalue weighted by Crippen LogP contribution is 2.19. The molecule has 3 aromatic rings. The van der Waals surface area contributed by atoms with Gasteiger partial charge in [0.25, 0.3) is 5.91 Å². The van der Waals surface area contributed by atoms with Gasteiger partial charge in [-0.1, -0.05) is 18.2 Å². The minimum Gasteiger partial charge on any atom is -0.349 e. The van der Waals surface area contributed by atoms with E-state index in [0.29, 0.717) is 12.2 Å². The van der Waals surface area contributed by atoms with Crippen molar-refractivity contribution in [3.63, 3.8) is 0 Å². The lowest BCUT2D eigenvalue weighted by molar-refractivity contribution is 0.0947. The van der Waals surface area contributed by atoms with Crippen molar-refractivity contribution in [1.82, 2.24) is 14.9 Å². The lowest BCUT2D eigenvalue weighted by Gasteiger charge is -2.07. The molecule has 2 heterocycles. The van der Waals surface area contributed by atoms with E-state index in [4.69, 9.17) is 0 Å². The van der Waals surface area contributed by atoms with Crippen LogP contribution >= 0.6 is 0 Å². The Kier molecular flexibility index (Phi) is 3.69. The van der Waals surface area contributed by atoms with Crippen LogP contribution in [0.15, 0.2) is 54.9 Å². The van der Waals surface area contributed by atoms with E-state index in [-0.39, 0.29) is 5.91 Å². The van der Waals surface area contributed by atoms with Gasteiger partial charge < -0.3 is 9.88 Å². The highest BCUT2D eigenvalue weighted by Gasteiger charge is 2.06. The van der Waals surface area contributed by atoms with Gasteiger partial charge in [0.1, 0.15) is 5.69 Å². The summed E-state index contributed by atoms with van der Waals surface area (Å²) in [6.07, 6.45) is 3.68. The van der Waals surface area contributed by atoms with E-state index in [1.54, 1.807) is 18.3 Å². The minimum atomic E-state index is -0.136. The largest absolute Gasteiger partial charge is 0.349 e. The molecule has 0 saturated heterocycles. The molecular weight excluding hydrogens is 262 g/mol. The third-order valence-electron chi connectivity index (χ3n) is 3.57. The Morgan fingerprint density at radius 3 is 2.90 bits per heavy atom. The molecule has 4 nitrogen and oxygen atoms in total. The number of hydrogen-bond acceptors (Lipinski definition) is 2. The van der Waals surface area contributed by atoms with E-state index in [2.05, 4.69) is 52.3 Å². The number of rotatable bonds is 4. The van der Waals surface area contributed by atoms with Gasteiger partial charge in [-0.2, -0.15) is 0 Å². The smallest absolute Gasteiger partial charge is 0.269 e. The summed E-state index contributed by atoms with van der Waals surface area (Å²) in [5, 5.41) is 4.15. The fraction of sp³-hybridized carbons (Fsp3) is 0.176. The summed E-state index contributed by atoms with van der Waals surface area (Å²) in [5.41, 5.74) is 2.91. The number of fused-ring (bicyclic) bond motifs is 1. The van der Waals surface area contributed by atoms with E-state index in [1.807, 2.05) is 6.07 Å². The molecule has 3 rings (SSSR count). The molecule has 4 heteroatoms.